The van der Waals surface area contributed by atoms with E-state index in [0.29, 0.717) is 38.8 Å². The summed E-state index contributed by atoms with van der Waals surface area (Å²) in [6.45, 7) is 3.94. The fourth-order valence-electron chi connectivity index (χ4n) is 3.34. The van der Waals surface area contributed by atoms with Gasteiger partial charge in [-0.2, -0.15) is 13.2 Å². The summed E-state index contributed by atoms with van der Waals surface area (Å²) in [7, 11) is 0. The average molecular weight is 281 g/mol. The number of ether oxygens (including phenoxy) is 1. The Labute approximate surface area is 111 Å². The largest absolute Gasteiger partial charge is 0.406 e. The number of halogens is 3. The van der Waals surface area contributed by atoms with E-state index >= 15 is 0 Å². The highest BCUT2D eigenvalue weighted by atomic mass is 19.4. The summed E-state index contributed by atoms with van der Waals surface area (Å²) in [4.78, 5) is 1.41. The van der Waals surface area contributed by atoms with Crippen LogP contribution in [0.4, 0.5) is 13.2 Å². The molecular weight excluding hydrogens is 259 g/mol. The maximum absolute atomic E-state index is 13.4. The molecule has 19 heavy (non-hydrogen) atoms. The molecule has 0 amide bonds. The van der Waals surface area contributed by atoms with Crippen molar-refractivity contribution in [2.75, 3.05) is 13.2 Å². The third-order valence-electron chi connectivity index (χ3n) is 4.12. The second-order valence-electron chi connectivity index (χ2n) is 6.09. The SMILES string of the molecule is CC(C)(O)C1CCCN1C(C1CCCO1)C(F)(F)F. The van der Waals surface area contributed by atoms with Gasteiger partial charge in [0.1, 0.15) is 6.04 Å². The summed E-state index contributed by atoms with van der Waals surface area (Å²) >= 11 is 0. The highest BCUT2D eigenvalue weighted by Gasteiger charge is 2.54. The Morgan fingerprint density at radius 2 is 1.89 bits per heavy atom. The van der Waals surface area contributed by atoms with Gasteiger partial charge in [-0.25, -0.2) is 0 Å². The lowest BCUT2D eigenvalue weighted by atomic mass is 9.94. The van der Waals surface area contributed by atoms with Crippen LogP contribution in [0.15, 0.2) is 0 Å². The molecule has 0 radical (unpaired) electrons. The van der Waals surface area contributed by atoms with Crippen LogP contribution >= 0.6 is 0 Å². The Bertz CT molecular complexity index is 308. The maximum atomic E-state index is 13.4. The second kappa shape index (κ2) is 5.22. The monoisotopic (exact) mass is 281 g/mol. The Hall–Kier alpha value is -0.330. The summed E-state index contributed by atoms with van der Waals surface area (Å²) in [6, 6.07) is -2.04. The first-order valence-electron chi connectivity index (χ1n) is 6.87. The molecule has 0 aromatic rings. The normalized spacial score (nSPS) is 31.9. The van der Waals surface area contributed by atoms with Gasteiger partial charge in [0, 0.05) is 12.6 Å². The number of rotatable bonds is 3. The molecule has 2 fully saturated rings. The van der Waals surface area contributed by atoms with Gasteiger partial charge in [-0.15, -0.1) is 0 Å². The minimum absolute atomic E-state index is 0.374. The Morgan fingerprint density at radius 1 is 1.21 bits per heavy atom. The van der Waals surface area contributed by atoms with E-state index < -0.39 is 30.0 Å². The quantitative estimate of drug-likeness (QED) is 0.862. The Balaban J connectivity index is 2.22. The Kier molecular flexibility index (Phi) is 4.14. The molecule has 3 atom stereocenters. The van der Waals surface area contributed by atoms with Crippen molar-refractivity contribution < 1.29 is 23.0 Å². The van der Waals surface area contributed by atoms with E-state index in [4.69, 9.17) is 4.74 Å². The number of aliphatic hydroxyl groups is 1. The van der Waals surface area contributed by atoms with Crippen molar-refractivity contribution in [2.24, 2.45) is 0 Å². The van der Waals surface area contributed by atoms with Gasteiger partial charge < -0.3 is 9.84 Å². The number of hydrogen-bond donors (Lipinski definition) is 1. The van der Waals surface area contributed by atoms with Crippen LogP contribution in [0.1, 0.15) is 39.5 Å². The summed E-state index contributed by atoms with van der Waals surface area (Å²) < 4.78 is 45.4. The molecule has 6 heteroatoms. The molecule has 2 aliphatic heterocycles. The van der Waals surface area contributed by atoms with E-state index in [1.807, 2.05) is 0 Å². The third-order valence-corrected chi connectivity index (χ3v) is 4.12. The van der Waals surface area contributed by atoms with E-state index in [2.05, 4.69) is 0 Å². The molecule has 2 saturated heterocycles. The summed E-state index contributed by atoms with van der Waals surface area (Å²) in [5, 5.41) is 10.1. The van der Waals surface area contributed by atoms with Crippen LogP contribution in [0.3, 0.4) is 0 Å². The summed E-state index contributed by atoms with van der Waals surface area (Å²) in [6.07, 6.45) is -2.69. The van der Waals surface area contributed by atoms with Gasteiger partial charge in [-0.05, 0) is 46.1 Å². The van der Waals surface area contributed by atoms with Crippen molar-refractivity contribution >= 4 is 0 Å². The van der Waals surface area contributed by atoms with Crippen LogP contribution in [0.25, 0.3) is 0 Å². The van der Waals surface area contributed by atoms with E-state index in [9.17, 15) is 18.3 Å². The fraction of sp³-hybridized carbons (Fsp3) is 1.00. The van der Waals surface area contributed by atoms with Gasteiger partial charge in [0.25, 0.3) is 0 Å². The molecule has 0 aliphatic carbocycles. The number of likely N-dealkylation sites (tertiary alicyclic amines) is 1. The van der Waals surface area contributed by atoms with Crippen molar-refractivity contribution in [3.63, 3.8) is 0 Å². The molecule has 2 rings (SSSR count). The standard InChI is InChI=1S/C13H22F3NO2/c1-12(2,18)10-6-3-7-17(10)11(13(14,15)16)9-5-4-8-19-9/h9-11,18H,3-8H2,1-2H3. The van der Waals surface area contributed by atoms with Crippen molar-refractivity contribution in [3.05, 3.63) is 0 Å². The van der Waals surface area contributed by atoms with Crippen LogP contribution in [-0.4, -0.2) is 53.1 Å². The first kappa shape index (κ1) is 15.1. The molecule has 1 N–H and O–H groups in total. The lowest BCUT2D eigenvalue weighted by Gasteiger charge is -2.41. The van der Waals surface area contributed by atoms with Crippen molar-refractivity contribution in [1.29, 1.82) is 0 Å². The number of hydrogen-bond acceptors (Lipinski definition) is 3. The highest BCUT2D eigenvalue weighted by molar-refractivity contribution is 4.99. The predicted octanol–water partition coefficient (Wildman–Crippen LogP) is 2.33. The van der Waals surface area contributed by atoms with E-state index in [-0.39, 0.29) is 0 Å². The smallest absolute Gasteiger partial charge is 0.389 e. The van der Waals surface area contributed by atoms with E-state index in [1.54, 1.807) is 13.8 Å². The first-order chi connectivity index (χ1) is 8.71. The number of nitrogens with zero attached hydrogens (tertiary/aromatic N) is 1. The minimum Gasteiger partial charge on any atom is -0.389 e. The van der Waals surface area contributed by atoms with Gasteiger partial charge >= 0.3 is 6.18 Å². The Morgan fingerprint density at radius 3 is 2.37 bits per heavy atom. The summed E-state index contributed by atoms with van der Waals surface area (Å²) in [5.74, 6) is 0. The topological polar surface area (TPSA) is 32.7 Å². The molecular formula is C13H22F3NO2. The first-order valence-corrected chi connectivity index (χ1v) is 6.87. The van der Waals surface area contributed by atoms with Gasteiger partial charge in [0.15, 0.2) is 0 Å². The zero-order valence-electron chi connectivity index (χ0n) is 11.4. The molecule has 0 aromatic heterocycles. The minimum atomic E-state index is -4.32. The lowest BCUT2D eigenvalue weighted by molar-refractivity contribution is -0.219. The zero-order valence-corrected chi connectivity index (χ0v) is 11.4. The van der Waals surface area contributed by atoms with Gasteiger partial charge in [-0.3, -0.25) is 4.90 Å². The van der Waals surface area contributed by atoms with Gasteiger partial charge in [0.05, 0.1) is 11.7 Å². The van der Waals surface area contributed by atoms with Gasteiger partial charge in [0.2, 0.25) is 0 Å². The summed E-state index contributed by atoms with van der Waals surface area (Å²) in [5.41, 5.74) is -1.13. The van der Waals surface area contributed by atoms with Gasteiger partial charge in [-0.1, -0.05) is 0 Å². The average Bonchev–Trinajstić information content (AvgIpc) is 2.84. The molecule has 3 unspecified atom stereocenters. The molecule has 2 heterocycles. The van der Waals surface area contributed by atoms with Crippen molar-refractivity contribution in [3.8, 4) is 0 Å². The molecule has 0 saturated carbocycles. The van der Waals surface area contributed by atoms with E-state index in [1.165, 1.54) is 4.90 Å². The molecule has 0 aromatic carbocycles. The second-order valence-corrected chi connectivity index (χ2v) is 6.09. The van der Waals surface area contributed by atoms with Crippen LogP contribution in [0, 0.1) is 0 Å². The third kappa shape index (κ3) is 3.23. The van der Waals surface area contributed by atoms with E-state index in [0.717, 1.165) is 0 Å². The number of alkyl halides is 3. The maximum Gasteiger partial charge on any atom is 0.406 e. The lowest BCUT2D eigenvalue weighted by Crippen LogP contribution is -2.58. The predicted molar refractivity (Wildman–Crippen MR) is 64.8 cm³/mol. The molecule has 0 spiro atoms. The van der Waals surface area contributed by atoms with Crippen LogP contribution in [0.2, 0.25) is 0 Å². The van der Waals surface area contributed by atoms with Crippen LogP contribution in [0.5, 0.6) is 0 Å². The fourth-order valence-corrected chi connectivity index (χ4v) is 3.34. The highest BCUT2D eigenvalue weighted by Crippen LogP contribution is 2.39. The van der Waals surface area contributed by atoms with Crippen molar-refractivity contribution in [1.82, 2.24) is 4.90 Å². The van der Waals surface area contributed by atoms with Crippen molar-refractivity contribution in [2.45, 2.75) is 69.5 Å². The van der Waals surface area contributed by atoms with Crippen LogP contribution < -0.4 is 0 Å². The molecule has 0 bridgehead atoms. The molecule has 112 valence electrons. The zero-order chi connectivity index (χ0) is 14.3. The molecule has 3 nitrogen and oxygen atoms in total. The van der Waals surface area contributed by atoms with Crippen LogP contribution in [-0.2, 0) is 4.74 Å². The molecule has 2 aliphatic rings.